The van der Waals surface area contributed by atoms with Crippen LogP contribution in [0.3, 0.4) is 0 Å². The standard InChI is InChI=1S/C10H20N2O3/c1-4-12(7-8(2)10(14)15)9(13)5-6-11-3/h8,11H,4-7H2,1-3H3,(H,14,15). The minimum absolute atomic E-state index is 0.0000463. The maximum absolute atomic E-state index is 11.6. The van der Waals surface area contributed by atoms with Crippen LogP contribution in [0.1, 0.15) is 20.3 Å². The molecule has 0 bridgehead atoms. The van der Waals surface area contributed by atoms with Gasteiger partial charge in [0.25, 0.3) is 0 Å². The number of carboxylic acids is 1. The van der Waals surface area contributed by atoms with Crippen LogP contribution in [0.25, 0.3) is 0 Å². The Kier molecular flexibility index (Phi) is 6.70. The van der Waals surface area contributed by atoms with Gasteiger partial charge in [0.05, 0.1) is 5.92 Å². The molecule has 0 aromatic carbocycles. The Bertz CT molecular complexity index is 219. The topological polar surface area (TPSA) is 69.6 Å². The van der Waals surface area contributed by atoms with Crippen LogP contribution in [0, 0.1) is 5.92 Å². The van der Waals surface area contributed by atoms with Crippen molar-refractivity contribution in [2.75, 3.05) is 26.7 Å². The van der Waals surface area contributed by atoms with Gasteiger partial charge in [0, 0.05) is 26.1 Å². The molecule has 0 aliphatic rings. The first kappa shape index (κ1) is 13.9. The second-order valence-electron chi connectivity index (χ2n) is 3.53. The molecule has 0 saturated carbocycles. The van der Waals surface area contributed by atoms with Gasteiger partial charge in [-0.05, 0) is 14.0 Å². The lowest BCUT2D eigenvalue weighted by Crippen LogP contribution is -2.37. The molecule has 0 aromatic heterocycles. The van der Waals surface area contributed by atoms with Gasteiger partial charge in [0.2, 0.25) is 5.91 Å². The molecule has 5 heteroatoms. The summed E-state index contributed by atoms with van der Waals surface area (Å²) in [5, 5.41) is 11.6. The fraction of sp³-hybridized carbons (Fsp3) is 0.800. The van der Waals surface area contributed by atoms with E-state index in [1.807, 2.05) is 6.92 Å². The highest BCUT2D eigenvalue weighted by molar-refractivity contribution is 5.77. The van der Waals surface area contributed by atoms with Crippen molar-refractivity contribution in [1.82, 2.24) is 10.2 Å². The molecule has 1 unspecified atom stereocenters. The maximum Gasteiger partial charge on any atom is 0.308 e. The van der Waals surface area contributed by atoms with Gasteiger partial charge in [-0.25, -0.2) is 0 Å². The van der Waals surface area contributed by atoms with Crippen molar-refractivity contribution in [2.24, 2.45) is 5.92 Å². The number of amides is 1. The van der Waals surface area contributed by atoms with Crippen LogP contribution in [0.15, 0.2) is 0 Å². The van der Waals surface area contributed by atoms with Crippen LogP contribution in [0.2, 0.25) is 0 Å². The van der Waals surface area contributed by atoms with Gasteiger partial charge in [-0.2, -0.15) is 0 Å². The number of carbonyl (C=O) groups is 2. The molecule has 15 heavy (non-hydrogen) atoms. The molecule has 0 rings (SSSR count). The predicted octanol–water partition coefficient (Wildman–Crippen LogP) is 0.165. The van der Waals surface area contributed by atoms with E-state index >= 15 is 0 Å². The molecule has 0 aliphatic heterocycles. The van der Waals surface area contributed by atoms with Crippen molar-refractivity contribution in [3.63, 3.8) is 0 Å². The molecular formula is C10H20N2O3. The highest BCUT2D eigenvalue weighted by Crippen LogP contribution is 2.02. The average molecular weight is 216 g/mol. The van der Waals surface area contributed by atoms with Gasteiger partial charge < -0.3 is 15.3 Å². The summed E-state index contributed by atoms with van der Waals surface area (Å²) in [6, 6.07) is 0. The molecule has 0 spiro atoms. The molecule has 1 atom stereocenters. The Morgan fingerprint density at radius 2 is 2.07 bits per heavy atom. The van der Waals surface area contributed by atoms with Crippen LogP contribution < -0.4 is 5.32 Å². The van der Waals surface area contributed by atoms with Crippen LogP contribution >= 0.6 is 0 Å². The van der Waals surface area contributed by atoms with Crippen molar-refractivity contribution >= 4 is 11.9 Å². The fourth-order valence-corrected chi connectivity index (χ4v) is 1.21. The van der Waals surface area contributed by atoms with Gasteiger partial charge in [-0.3, -0.25) is 9.59 Å². The van der Waals surface area contributed by atoms with E-state index in [2.05, 4.69) is 5.32 Å². The van der Waals surface area contributed by atoms with Gasteiger partial charge in [0.1, 0.15) is 0 Å². The van der Waals surface area contributed by atoms with E-state index in [1.54, 1.807) is 18.9 Å². The average Bonchev–Trinajstić information content (AvgIpc) is 2.21. The summed E-state index contributed by atoms with van der Waals surface area (Å²) in [4.78, 5) is 23.8. The molecule has 88 valence electrons. The summed E-state index contributed by atoms with van der Waals surface area (Å²) in [6.07, 6.45) is 0.413. The summed E-state index contributed by atoms with van der Waals surface area (Å²) in [5.74, 6) is -1.38. The maximum atomic E-state index is 11.6. The van der Waals surface area contributed by atoms with Crippen molar-refractivity contribution in [3.05, 3.63) is 0 Å². The van der Waals surface area contributed by atoms with E-state index in [1.165, 1.54) is 0 Å². The molecule has 2 N–H and O–H groups in total. The van der Waals surface area contributed by atoms with Crippen LogP contribution in [0.5, 0.6) is 0 Å². The van der Waals surface area contributed by atoms with Gasteiger partial charge >= 0.3 is 5.97 Å². The zero-order valence-corrected chi connectivity index (χ0v) is 9.62. The number of rotatable bonds is 7. The van der Waals surface area contributed by atoms with Crippen molar-refractivity contribution < 1.29 is 14.7 Å². The first-order chi connectivity index (χ1) is 7.02. The Morgan fingerprint density at radius 3 is 2.47 bits per heavy atom. The van der Waals surface area contributed by atoms with Crippen molar-refractivity contribution in [1.29, 1.82) is 0 Å². The zero-order chi connectivity index (χ0) is 11.8. The summed E-state index contributed by atoms with van der Waals surface area (Å²) in [6.45, 7) is 4.92. The van der Waals surface area contributed by atoms with Crippen LogP contribution in [-0.2, 0) is 9.59 Å². The summed E-state index contributed by atoms with van der Waals surface area (Å²) >= 11 is 0. The molecule has 0 fully saturated rings. The van der Waals surface area contributed by atoms with E-state index in [0.29, 0.717) is 19.5 Å². The minimum atomic E-state index is -0.866. The second-order valence-corrected chi connectivity index (χ2v) is 3.53. The van der Waals surface area contributed by atoms with E-state index in [4.69, 9.17) is 5.11 Å². The minimum Gasteiger partial charge on any atom is -0.481 e. The Balaban J connectivity index is 4.11. The summed E-state index contributed by atoms with van der Waals surface area (Å²) < 4.78 is 0. The molecule has 5 nitrogen and oxygen atoms in total. The Labute approximate surface area is 90.5 Å². The Hall–Kier alpha value is -1.10. The normalized spacial score (nSPS) is 12.2. The quantitative estimate of drug-likeness (QED) is 0.636. The molecule has 0 radical (unpaired) electrons. The third-order valence-corrected chi connectivity index (χ3v) is 2.24. The number of nitrogens with one attached hydrogen (secondary N) is 1. The first-order valence-electron chi connectivity index (χ1n) is 5.18. The zero-order valence-electron chi connectivity index (χ0n) is 9.62. The highest BCUT2D eigenvalue weighted by atomic mass is 16.4. The third kappa shape index (κ3) is 5.37. The van der Waals surface area contributed by atoms with Crippen LogP contribution in [-0.4, -0.2) is 48.6 Å². The van der Waals surface area contributed by atoms with E-state index in [-0.39, 0.29) is 12.5 Å². The number of aliphatic carboxylic acids is 1. The lowest BCUT2D eigenvalue weighted by Gasteiger charge is -2.22. The Morgan fingerprint density at radius 1 is 1.47 bits per heavy atom. The van der Waals surface area contributed by atoms with Crippen molar-refractivity contribution in [3.8, 4) is 0 Å². The van der Waals surface area contributed by atoms with Crippen LogP contribution in [0.4, 0.5) is 0 Å². The smallest absolute Gasteiger partial charge is 0.308 e. The third-order valence-electron chi connectivity index (χ3n) is 2.24. The number of carboxylic acid groups (broad SMARTS) is 1. The van der Waals surface area contributed by atoms with Crippen molar-refractivity contribution in [2.45, 2.75) is 20.3 Å². The molecule has 0 saturated heterocycles. The van der Waals surface area contributed by atoms with Gasteiger partial charge in [-0.15, -0.1) is 0 Å². The van der Waals surface area contributed by atoms with E-state index in [9.17, 15) is 9.59 Å². The number of nitrogens with zero attached hydrogens (tertiary/aromatic N) is 1. The molecule has 0 aromatic rings. The first-order valence-corrected chi connectivity index (χ1v) is 5.18. The summed E-state index contributed by atoms with van der Waals surface area (Å²) in [5.41, 5.74) is 0. The lowest BCUT2D eigenvalue weighted by atomic mass is 10.1. The van der Waals surface area contributed by atoms with Gasteiger partial charge in [0.15, 0.2) is 0 Å². The second kappa shape index (κ2) is 7.23. The molecule has 0 heterocycles. The number of carbonyl (C=O) groups excluding carboxylic acids is 1. The monoisotopic (exact) mass is 216 g/mol. The molecule has 1 amide bonds. The number of hydrogen-bond donors (Lipinski definition) is 2. The van der Waals surface area contributed by atoms with E-state index in [0.717, 1.165) is 0 Å². The molecular weight excluding hydrogens is 196 g/mol. The largest absolute Gasteiger partial charge is 0.481 e. The summed E-state index contributed by atoms with van der Waals surface area (Å²) in [7, 11) is 1.78. The van der Waals surface area contributed by atoms with Gasteiger partial charge in [-0.1, -0.05) is 6.92 Å². The SMILES string of the molecule is CCN(CC(C)C(=O)O)C(=O)CCNC. The number of hydrogen-bond acceptors (Lipinski definition) is 3. The predicted molar refractivity (Wildman–Crippen MR) is 57.6 cm³/mol. The fourth-order valence-electron chi connectivity index (χ4n) is 1.21. The highest BCUT2D eigenvalue weighted by Gasteiger charge is 2.18. The lowest BCUT2D eigenvalue weighted by molar-refractivity contribution is -0.143. The molecule has 0 aliphatic carbocycles. The van der Waals surface area contributed by atoms with E-state index < -0.39 is 11.9 Å².